The number of halogens is 2. The van der Waals surface area contributed by atoms with Gasteiger partial charge in [-0.1, -0.05) is 46.1 Å². The van der Waals surface area contributed by atoms with Crippen LogP contribution in [-0.2, 0) is 5.33 Å². The molecule has 17 heavy (non-hydrogen) atoms. The van der Waals surface area contributed by atoms with Crippen molar-refractivity contribution in [3.05, 3.63) is 28.8 Å². The van der Waals surface area contributed by atoms with E-state index in [2.05, 4.69) is 26.9 Å². The van der Waals surface area contributed by atoms with E-state index in [9.17, 15) is 0 Å². The number of rotatable bonds is 2. The maximum absolute atomic E-state index is 6.38. The van der Waals surface area contributed by atoms with Gasteiger partial charge in [0.2, 0.25) is 0 Å². The molecule has 1 aromatic rings. The van der Waals surface area contributed by atoms with Gasteiger partial charge in [0.15, 0.2) is 0 Å². The fourth-order valence-electron chi connectivity index (χ4n) is 3.44. The van der Waals surface area contributed by atoms with Crippen molar-refractivity contribution in [3.8, 4) is 0 Å². The molecule has 1 saturated heterocycles. The van der Waals surface area contributed by atoms with Crippen LogP contribution in [0.2, 0.25) is 5.02 Å². The molecule has 2 aliphatic rings. The van der Waals surface area contributed by atoms with Crippen LogP contribution in [0.25, 0.3) is 0 Å². The van der Waals surface area contributed by atoms with Crippen molar-refractivity contribution in [1.29, 1.82) is 0 Å². The molecule has 0 aromatic heterocycles. The van der Waals surface area contributed by atoms with E-state index < -0.39 is 0 Å². The first kappa shape index (κ1) is 11.9. The zero-order chi connectivity index (χ0) is 11.8. The van der Waals surface area contributed by atoms with E-state index >= 15 is 0 Å². The molecule has 3 heteroatoms. The summed E-state index contributed by atoms with van der Waals surface area (Å²) in [6, 6.07) is 6.22. The van der Waals surface area contributed by atoms with Crippen molar-refractivity contribution in [2.45, 2.75) is 24.6 Å². The predicted octanol–water partition coefficient (Wildman–Crippen LogP) is 4.47. The smallest absolute Gasteiger partial charge is 0.0642 e. The zero-order valence-electron chi connectivity index (χ0n) is 9.83. The monoisotopic (exact) mass is 313 g/mol. The van der Waals surface area contributed by atoms with Crippen molar-refractivity contribution in [2.75, 3.05) is 18.0 Å². The Morgan fingerprint density at radius 2 is 1.94 bits per heavy atom. The summed E-state index contributed by atoms with van der Waals surface area (Å²) in [4.78, 5) is 2.51. The van der Waals surface area contributed by atoms with Gasteiger partial charge < -0.3 is 4.90 Å². The second-order valence-electron chi connectivity index (χ2n) is 5.24. The Morgan fingerprint density at radius 3 is 2.59 bits per heavy atom. The first-order valence-corrected chi connectivity index (χ1v) is 7.88. The fourth-order valence-corrected chi connectivity index (χ4v) is 4.21. The molecule has 92 valence electrons. The SMILES string of the molecule is Clc1cccc(CBr)c1N1CC2CCCC2C1. The molecular weight excluding hydrogens is 298 g/mol. The minimum atomic E-state index is 0.884. The highest BCUT2D eigenvalue weighted by atomic mass is 79.9. The second-order valence-corrected chi connectivity index (χ2v) is 6.21. The van der Waals surface area contributed by atoms with E-state index in [-0.39, 0.29) is 0 Å². The van der Waals surface area contributed by atoms with Gasteiger partial charge in [-0.05, 0) is 36.3 Å². The Kier molecular flexibility index (Phi) is 3.36. The van der Waals surface area contributed by atoms with Crippen molar-refractivity contribution >= 4 is 33.2 Å². The van der Waals surface area contributed by atoms with E-state index in [0.29, 0.717) is 0 Å². The fraction of sp³-hybridized carbons (Fsp3) is 0.571. The molecule has 1 saturated carbocycles. The Bertz CT molecular complexity index is 409. The van der Waals surface area contributed by atoms with Gasteiger partial charge in [-0.25, -0.2) is 0 Å². The van der Waals surface area contributed by atoms with Crippen LogP contribution in [0.5, 0.6) is 0 Å². The summed E-state index contributed by atoms with van der Waals surface area (Å²) in [5.74, 6) is 1.82. The van der Waals surface area contributed by atoms with Gasteiger partial charge in [-0.2, -0.15) is 0 Å². The molecule has 0 bridgehead atoms. The number of hydrogen-bond donors (Lipinski definition) is 0. The average molecular weight is 315 g/mol. The van der Waals surface area contributed by atoms with Gasteiger partial charge in [-0.15, -0.1) is 0 Å². The number of para-hydroxylation sites is 1. The lowest BCUT2D eigenvalue weighted by Gasteiger charge is -2.23. The maximum atomic E-state index is 6.38. The molecule has 1 heterocycles. The Labute approximate surface area is 116 Å². The summed E-state index contributed by atoms with van der Waals surface area (Å²) in [6.07, 6.45) is 4.25. The molecule has 1 nitrogen and oxygen atoms in total. The molecule has 0 spiro atoms. The van der Waals surface area contributed by atoms with Gasteiger partial charge in [0.1, 0.15) is 0 Å². The minimum absolute atomic E-state index is 0.884. The summed E-state index contributed by atoms with van der Waals surface area (Å²) in [6.45, 7) is 2.41. The van der Waals surface area contributed by atoms with Crippen molar-refractivity contribution in [3.63, 3.8) is 0 Å². The largest absolute Gasteiger partial charge is 0.370 e. The Hall–Kier alpha value is -0.210. The van der Waals surface area contributed by atoms with Crippen LogP contribution in [0.1, 0.15) is 24.8 Å². The molecule has 3 rings (SSSR count). The lowest BCUT2D eigenvalue weighted by atomic mass is 10.0. The highest BCUT2D eigenvalue weighted by molar-refractivity contribution is 9.08. The third-order valence-electron chi connectivity index (χ3n) is 4.26. The van der Waals surface area contributed by atoms with E-state index in [1.807, 2.05) is 12.1 Å². The molecular formula is C14H17BrClN. The highest BCUT2D eigenvalue weighted by Crippen LogP contribution is 2.42. The Balaban J connectivity index is 1.90. The van der Waals surface area contributed by atoms with E-state index in [0.717, 1.165) is 22.2 Å². The van der Waals surface area contributed by atoms with Crippen molar-refractivity contribution in [2.24, 2.45) is 11.8 Å². The van der Waals surface area contributed by atoms with Crippen LogP contribution in [0.4, 0.5) is 5.69 Å². The van der Waals surface area contributed by atoms with E-state index in [4.69, 9.17) is 11.6 Å². The molecule has 0 radical (unpaired) electrons. The molecule has 0 amide bonds. The number of benzene rings is 1. The summed E-state index contributed by atoms with van der Waals surface area (Å²) in [7, 11) is 0. The van der Waals surface area contributed by atoms with Crippen molar-refractivity contribution in [1.82, 2.24) is 0 Å². The maximum Gasteiger partial charge on any atom is 0.0642 e. The number of fused-ring (bicyclic) bond motifs is 1. The summed E-state index contributed by atoms with van der Waals surface area (Å²) < 4.78 is 0. The molecule has 1 aromatic carbocycles. The van der Waals surface area contributed by atoms with Gasteiger partial charge in [0.25, 0.3) is 0 Å². The topological polar surface area (TPSA) is 3.24 Å². The van der Waals surface area contributed by atoms with Crippen LogP contribution in [0.15, 0.2) is 18.2 Å². The van der Waals surface area contributed by atoms with Gasteiger partial charge in [-0.3, -0.25) is 0 Å². The Morgan fingerprint density at radius 1 is 1.24 bits per heavy atom. The first-order valence-electron chi connectivity index (χ1n) is 6.38. The number of hydrogen-bond acceptors (Lipinski definition) is 1. The van der Waals surface area contributed by atoms with Crippen molar-refractivity contribution < 1.29 is 0 Å². The normalized spacial score (nSPS) is 27.5. The van der Waals surface area contributed by atoms with Crippen LogP contribution in [-0.4, -0.2) is 13.1 Å². The molecule has 1 aliphatic heterocycles. The second kappa shape index (κ2) is 4.81. The minimum Gasteiger partial charge on any atom is -0.370 e. The quantitative estimate of drug-likeness (QED) is 0.728. The molecule has 2 unspecified atom stereocenters. The van der Waals surface area contributed by atoms with Crippen LogP contribution < -0.4 is 4.90 Å². The average Bonchev–Trinajstić information content (AvgIpc) is 2.88. The summed E-state index contributed by atoms with van der Waals surface area (Å²) in [5.41, 5.74) is 2.58. The number of nitrogens with zero attached hydrogens (tertiary/aromatic N) is 1. The van der Waals surface area contributed by atoms with Crippen LogP contribution in [0.3, 0.4) is 0 Å². The summed E-state index contributed by atoms with van der Waals surface area (Å²) in [5, 5.41) is 1.79. The van der Waals surface area contributed by atoms with Gasteiger partial charge in [0.05, 0.1) is 10.7 Å². The molecule has 0 N–H and O–H groups in total. The lowest BCUT2D eigenvalue weighted by molar-refractivity contribution is 0.494. The zero-order valence-corrected chi connectivity index (χ0v) is 12.2. The third-order valence-corrected chi connectivity index (χ3v) is 5.17. The summed E-state index contributed by atoms with van der Waals surface area (Å²) >= 11 is 9.95. The number of anilines is 1. The lowest BCUT2D eigenvalue weighted by Crippen LogP contribution is -2.22. The third kappa shape index (κ3) is 2.10. The van der Waals surface area contributed by atoms with E-state index in [1.54, 1.807) is 0 Å². The molecule has 2 atom stereocenters. The van der Waals surface area contributed by atoms with Crippen LogP contribution in [0, 0.1) is 11.8 Å². The molecule has 1 aliphatic carbocycles. The first-order chi connectivity index (χ1) is 8.29. The highest BCUT2D eigenvalue weighted by Gasteiger charge is 2.37. The van der Waals surface area contributed by atoms with Crippen LogP contribution >= 0.6 is 27.5 Å². The molecule has 2 fully saturated rings. The van der Waals surface area contributed by atoms with Gasteiger partial charge >= 0.3 is 0 Å². The number of alkyl halides is 1. The standard InChI is InChI=1S/C14H17BrClN/c15-7-10-3-2-6-13(16)14(10)17-8-11-4-1-5-12(11)9-17/h2-3,6,11-12H,1,4-5,7-9H2. The van der Waals surface area contributed by atoms with Gasteiger partial charge in [0, 0.05) is 18.4 Å². The predicted molar refractivity (Wildman–Crippen MR) is 77.1 cm³/mol. The van der Waals surface area contributed by atoms with E-state index in [1.165, 1.54) is 43.6 Å².